The van der Waals surface area contributed by atoms with E-state index in [0.717, 1.165) is 25.0 Å². The minimum atomic E-state index is -0.807. The predicted molar refractivity (Wildman–Crippen MR) is 101 cm³/mol. The Hall–Kier alpha value is -2.82. The van der Waals surface area contributed by atoms with E-state index >= 15 is 0 Å². The zero-order valence-corrected chi connectivity index (χ0v) is 15.7. The summed E-state index contributed by atoms with van der Waals surface area (Å²) in [5.74, 6) is 0.756. The molecule has 0 fully saturated rings. The number of aryl methyl sites for hydroxylation is 2. The number of benzene rings is 2. The molecule has 0 amide bonds. The van der Waals surface area contributed by atoms with Crippen LogP contribution in [-0.4, -0.2) is 31.6 Å². The zero-order chi connectivity index (χ0) is 19.2. The number of hydrogen-bond donors (Lipinski definition) is 0. The Kier molecular flexibility index (Phi) is 6.12. The van der Waals surface area contributed by atoms with Crippen LogP contribution in [0, 0.1) is 0 Å². The van der Waals surface area contributed by atoms with E-state index in [2.05, 4.69) is 0 Å². The van der Waals surface area contributed by atoms with Gasteiger partial charge in [-0.05, 0) is 67.6 Å². The Morgan fingerprint density at radius 3 is 2.44 bits per heavy atom. The zero-order valence-electron chi connectivity index (χ0n) is 15.7. The first-order valence-corrected chi connectivity index (χ1v) is 9.19. The van der Waals surface area contributed by atoms with Crippen molar-refractivity contribution in [1.82, 2.24) is 0 Å². The van der Waals surface area contributed by atoms with E-state index in [1.54, 1.807) is 38.3 Å². The second-order valence-corrected chi connectivity index (χ2v) is 6.61. The molecule has 27 heavy (non-hydrogen) atoms. The minimum absolute atomic E-state index is 0.0772. The fourth-order valence-corrected chi connectivity index (χ4v) is 3.19. The van der Waals surface area contributed by atoms with Gasteiger partial charge in [0.25, 0.3) is 0 Å². The van der Waals surface area contributed by atoms with Crippen molar-refractivity contribution >= 4 is 11.8 Å². The number of rotatable bonds is 8. The van der Waals surface area contributed by atoms with Gasteiger partial charge in [-0.3, -0.25) is 9.59 Å². The van der Waals surface area contributed by atoms with Crippen LogP contribution >= 0.6 is 0 Å². The summed E-state index contributed by atoms with van der Waals surface area (Å²) in [5.41, 5.74) is 3.14. The van der Waals surface area contributed by atoms with Gasteiger partial charge < -0.3 is 14.2 Å². The Balaban J connectivity index is 1.46. The number of carbonyl (C=O) groups excluding carboxylic acids is 2. The number of ketones is 1. The summed E-state index contributed by atoms with van der Waals surface area (Å²) in [6.45, 7) is 1.79. The molecule has 1 atom stereocenters. The van der Waals surface area contributed by atoms with Crippen molar-refractivity contribution < 1.29 is 23.8 Å². The van der Waals surface area contributed by atoms with E-state index in [4.69, 9.17) is 14.2 Å². The third-order valence-corrected chi connectivity index (χ3v) is 4.69. The maximum absolute atomic E-state index is 12.5. The van der Waals surface area contributed by atoms with Gasteiger partial charge in [0.2, 0.25) is 5.78 Å². The number of Topliss-reactive ketones (excluding diaryl/α,β-unsaturated/α-hetero) is 1. The first-order valence-electron chi connectivity index (χ1n) is 9.19. The molecule has 1 unspecified atom stereocenters. The number of fused-ring (bicyclic) bond motifs is 1. The maximum atomic E-state index is 12.5. The molecule has 2 aromatic rings. The first kappa shape index (κ1) is 19.0. The van der Waals surface area contributed by atoms with Crippen LogP contribution in [0.1, 0.15) is 41.3 Å². The fourth-order valence-electron chi connectivity index (χ4n) is 3.19. The molecule has 1 aliphatic carbocycles. The molecule has 5 heteroatoms. The number of methoxy groups -OCH3 is 1. The van der Waals surface area contributed by atoms with Crippen molar-refractivity contribution in [3.63, 3.8) is 0 Å². The highest BCUT2D eigenvalue weighted by atomic mass is 16.5. The van der Waals surface area contributed by atoms with Crippen LogP contribution in [0.25, 0.3) is 0 Å². The highest BCUT2D eigenvalue weighted by Gasteiger charge is 2.21. The van der Waals surface area contributed by atoms with Gasteiger partial charge in [-0.2, -0.15) is 0 Å². The number of ether oxygens (including phenoxy) is 3. The van der Waals surface area contributed by atoms with E-state index in [0.29, 0.717) is 11.3 Å². The summed E-state index contributed by atoms with van der Waals surface area (Å²) < 4.78 is 15.9. The Labute approximate surface area is 159 Å². The Morgan fingerprint density at radius 2 is 1.70 bits per heavy atom. The van der Waals surface area contributed by atoms with Gasteiger partial charge in [0.05, 0.1) is 20.1 Å². The van der Waals surface area contributed by atoms with Crippen molar-refractivity contribution in [3.05, 3.63) is 59.2 Å². The van der Waals surface area contributed by atoms with Crippen molar-refractivity contribution in [2.45, 2.75) is 38.7 Å². The second kappa shape index (κ2) is 8.71. The summed E-state index contributed by atoms with van der Waals surface area (Å²) in [7, 11) is 1.59. The molecule has 0 N–H and O–H groups in total. The van der Waals surface area contributed by atoms with Gasteiger partial charge in [-0.1, -0.05) is 12.1 Å². The fraction of sp³-hybridized carbons (Fsp3) is 0.364. The van der Waals surface area contributed by atoms with E-state index < -0.39 is 12.1 Å². The number of esters is 1. The molecule has 2 aromatic carbocycles. The molecular formula is C22H24O5. The van der Waals surface area contributed by atoms with Gasteiger partial charge in [0.1, 0.15) is 11.5 Å². The van der Waals surface area contributed by atoms with Gasteiger partial charge in [-0.25, -0.2) is 0 Å². The third-order valence-electron chi connectivity index (χ3n) is 4.69. The van der Waals surface area contributed by atoms with Crippen molar-refractivity contribution in [2.75, 3.05) is 13.7 Å². The molecule has 1 aliphatic rings. The topological polar surface area (TPSA) is 61.8 Å². The molecule has 142 valence electrons. The Bertz CT molecular complexity index is 810. The van der Waals surface area contributed by atoms with Gasteiger partial charge in [0.15, 0.2) is 6.10 Å². The highest BCUT2D eigenvalue weighted by Crippen LogP contribution is 2.23. The largest absolute Gasteiger partial charge is 0.497 e. The lowest BCUT2D eigenvalue weighted by Crippen LogP contribution is -2.25. The first-order chi connectivity index (χ1) is 13.1. The smallest absolute Gasteiger partial charge is 0.309 e. The highest BCUT2D eigenvalue weighted by molar-refractivity contribution is 6.00. The number of carbonyl (C=O) groups is 2. The monoisotopic (exact) mass is 368 g/mol. The van der Waals surface area contributed by atoms with E-state index in [-0.39, 0.29) is 18.8 Å². The molecule has 0 aromatic heterocycles. The normalized spacial score (nSPS) is 13.6. The molecule has 0 spiro atoms. The van der Waals surface area contributed by atoms with E-state index in [1.165, 1.54) is 11.1 Å². The van der Waals surface area contributed by atoms with Crippen LogP contribution in [0.5, 0.6) is 11.5 Å². The summed E-state index contributed by atoms with van der Waals surface area (Å²) in [4.78, 5) is 24.5. The van der Waals surface area contributed by atoms with Gasteiger partial charge in [0, 0.05) is 5.56 Å². The molecule has 0 aliphatic heterocycles. The molecule has 3 rings (SSSR count). The lowest BCUT2D eigenvalue weighted by molar-refractivity contribution is -0.146. The minimum Gasteiger partial charge on any atom is -0.497 e. The molecule has 0 saturated carbocycles. The summed E-state index contributed by atoms with van der Waals surface area (Å²) in [5, 5.41) is 0. The predicted octanol–water partition coefficient (Wildman–Crippen LogP) is 3.77. The SMILES string of the molecule is COc1ccc(OCCC(=O)OC(C)C(=O)c2ccc3c(c2)CCC3)cc1. The second-order valence-electron chi connectivity index (χ2n) is 6.61. The average Bonchev–Trinajstić information content (AvgIpc) is 3.15. The standard InChI is InChI=1S/C22H24O5/c1-15(22(24)18-7-6-16-4-3-5-17(16)14-18)27-21(23)12-13-26-20-10-8-19(25-2)9-11-20/h6-11,14-15H,3-5,12-13H2,1-2H3. The van der Waals surface area contributed by atoms with Gasteiger partial charge >= 0.3 is 5.97 Å². The van der Waals surface area contributed by atoms with Crippen molar-refractivity contribution in [3.8, 4) is 11.5 Å². The summed E-state index contributed by atoms with van der Waals surface area (Å²) in [6, 6.07) is 12.9. The average molecular weight is 368 g/mol. The van der Waals surface area contributed by atoms with E-state index in [9.17, 15) is 9.59 Å². The van der Waals surface area contributed by atoms with Crippen LogP contribution in [-0.2, 0) is 22.4 Å². The van der Waals surface area contributed by atoms with Crippen LogP contribution in [0.2, 0.25) is 0 Å². The lowest BCUT2D eigenvalue weighted by Gasteiger charge is -2.13. The molecule has 0 saturated heterocycles. The lowest BCUT2D eigenvalue weighted by atomic mass is 10.0. The number of hydrogen-bond acceptors (Lipinski definition) is 5. The molecule has 5 nitrogen and oxygen atoms in total. The Morgan fingerprint density at radius 1 is 1.00 bits per heavy atom. The quantitative estimate of drug-likeness (QED) is 0.524. The van der Waals surface area contributed by atoms with Crippen LogP contribution in [0.15, 0.2) is 42.5 Å². The van der Waals surface area contributed by atoms with Crippen LogP contribution in [0.3, 0.4) is 0 Å². The summed E-state index contributed by atoms with van der Waals surface area (Å²) >= 11 is 0. The van der Waals surface area contributed by atoms with Crippen molar-refractivity contribution in [2.24, 2.45) is 0 Å². The third kappa shape index (κ3) is 4.88. The van der Waals surface area contributed by atoms with Crippen LogP contribution < -0.4 is 9.47 Å². The maximum Gasteiger partial charge on any atom is 0.309 e. The molecule has 0 radical (unpaired) electrons. The molecule has 0 heterocycles. The van der Waals surface area contributed by atoms with Gasteiger partial charge in [-0.15, -0.1) is 0 Å². The van der Waals surface area contributed by atoms with E-state index in [1.807, 2.05) is 18.2 Å². The molecular weight excluding hydrogens is 344 g/mol. The van der Waals surface area contributed by atoms with Crippen LogP contribution in [0.4, 0.5) is 0 Å². The summed E-state index contributed by atoms with van der Waals surface area (Å²) in [6.07, 6.45) is 2.48. The molecule has 0 bridgehead atoms. The van der Waals surface area contributed by atoms with Crippen molar-refractivity contribution in [1.29, 1.82) is 0 Å².